The number of ketones is 2. The number of fused-ring (bicyclic) bond motifs is 3. The van der Waals surface area contributed by atoms with Crippen molar-refractivity contribution >= 4 is 11.6 Å². The van der Waals surface area contributed by atoms with E-state index < -0.39 is 21.8 Å². The van der Waals surface area contributed by atoms with E-state index in [0.29, 0.717) is 11.7 Å². The number of ether oxygens (including phenoxy) is 2. The predicted molar refractivity (Wildman–Crippen MR) is 118 cm³/mol. The van der Waals surface area contributed by atoms with Gasteiger partial charge in [0.1, 0.15) is 5.60 Å². The van der Waals surface area contributed by atoms with Crippen LogP contribution >= 0.6 is 0 Å². The van der Waals surface area contributed by atoms with Gasteiger partial charge in [-0.25, -0.2) is 0 Å². The lowest BCUT2D eigenvalue weighted by molar-refractivity contribution is -0.162. The Bertz CT molecular complexity index is 1110. The summed E-state index contributed by atoms with van der Waals surface area (Å²) >= 11 is 0. The van der Waals surface area contributed by atoms with Gasteiger partial charge < -0.3 is 13.9 Å². The third-order valence-electron chi connectivity index (χ3n) is 10.4. The van der Waals surface area contributed by atoms with E-state index in [1.807, 2.05) is 26.2 Å². The van der Waals surface area contributed by atoms with Crippen molar-refractivity contribution in [3.8, 4) is 0 Å². The van der Waals surface area contributed by atoms with Crippen molar-refractivity contribution < 1.29 is 23.5 Å². The molecule has 5 aliphatic rings. The lowest BCUT2D eigenvalue weighted by atomic mass is 9.39. The largest absolute Gasteiger partial charge is 0.493 e. The third kappa shape index (κ3) is 1.86. The van der Waals surface area contributed by atoms with E-state index in [2.05, 4.69) is 26.8 Å². The average molecular weight is 437 g/mol. The van der Waals surface area contributed by atoms with Gasteiger partial charge >= 0.3 is 0 Å². The number of epoxide rings is 1. The molecule has 0 unspecified atom stereocenters. The normalized spacial score (nSPS) is 48.1. The summed E-state index contributed by atoms with van der Waals surface area (Å²) in [6.45, 7) is 10.5. The quantitative estimate of drug-likeness (QED) is 0.612. The first-order valence-corrected chi connectivity index (χ1v) is 11.8. The standard InChI is InChI=1S/C27H32O5/c1-23(2)18(28)8-10-24(3)17-7-11-25(4)16(15-9-12-31-14-15)13-19-27(25,32-19)26(17,5)22(29)20(30-6)21(23)24/h8-10,12,14,16-17,19H,7,11,13H2,1-6H3/t16-,17+,19+,24+,25-,26-,27+/m0/s1. The van der Waals surface area contributed by atoms with Gasteiger partial charge in [-0.15, -0.1) is 0 Å². The van der Waals surface area contributed by atoms with Crippen molar-refractivity contribution in [3.63, 3.8) is 0 Å². The predicted octanol–water partition coefficient (Wildman–Crippen LogP) is 4.98. The van der Waals surface area contributed by atoms with E-state index >= 15 is 0 Å². The first-order chi connectivity index (χ1) is 15.0. The molecule has 1 aromatic heterocycles. The molecule has 0 N–H and O–H groups in total. The molecule has 7 atom stereocenters. The smallest absolute Gasteiger partial charge is 0.206 e. The lowest BCUT2D eigenvalue weighted by Crippen LogP contribution is -2.66. The van der Waals surface area contributed by atoms with E-state index in [1.165, 1.54) is 5.56 Å². The van der Waals surface area contributed by atoms with Crippen LogP contribution in [0.25, 0.3) is 0 Å². The number of Topliss-reactive ketones (excluding diaryl/α,β-unsaturated/α-hetero) is 1. The molecule has 2 heterocycles. The molecule has 0 radical (unpaired) electrons. The van der Waals surface area contributed by atoms with E-state index in [1.54, 1.807) is 19.4 Å². The van der Waals surface area contributed by atoms with Gasteiger partial charge in [0, 0.05) is 10.8 Å². The zero-order valence-corrected chi connectivity index (χ0v) is 19.8. The van der Waals surface area contributed by atoms with E-state index in [9.17, 15) is 9.59 Å². The van der Waals surface area contributed by atoms with Crippen LogP contribution in [-0.4, -0.2) is 30.4 Å². The minimum atomic E-state index is -0.775. The molecule has 3 fully saturated rings. The van der Waals surface area contributed by atoms with Gasteiger partial charge in [0.2, 0.25) is 5.78 Å². The molecule has 5 heteroatoms. The topological polar surface area (TPSA) is 69.0 Å². The van der Waals surface area contributed by atoms with Gasteiger partial charge in [-0.1, -0.05) is 19.9 Å². The van der Waals surface area contributed by atoms with Gasteiger partial charge in [-0.2, -0.15) is 0 Å². The summed E-state index contributed by atoms with van der Waals surface area (Å²) in [5.41, 5.74) is -0.596. The molecule has 0 bridgehead atoms. The Morgan fingerprint density at radius 2 is 1.88 bits per heavy atom. The minimum Gasteiger partial charge on any atom is -0.493 e. The number of furan rings is 1. The molecule has 32 heavy (non-hydrogen) atoms. The van der Waals surface area contributed by atoms with Crippen molar-refractivity contribution in [2.75, 3.05) is 7.11 Å². The molecule has 6 rings (SSSR count). The van der Waals surface area contributed by atoms with Crippen LogP contribution in [0.2, 0.25) is 0 Å². The van der Waals surface area contributed by atoms with Crippen LogP contribution < -0.4 is 0 Å². The average Bonchev–Trinajstić information content (AvgIpc) is 3.11. The van der Waals surface area contributed by atoms with Crippen LogP contribution in [0.15, 0.2) is 46.5 Å². The second-order valence-corrected chi connectivity index (χ2v) is 11.7. The second kappa shape index (κ2) is 5.67. The zero-order valence-electron chi connectivity index (χ0n) is 19.8. The Balaban J connectivity index is 1.58. The van der Waals surface area contributed by atoms with Crippen molar-refractivity contribution in [1.82, 2.24) is 0 Å². The molecule has 170 valence electrons. The van der Waals surface area contributed by atoms with Crippen LogP contribution in [0.5, 0.6) is 0 Å². The summed E-state index contributed by atoms with van der Waals surface area (Å²) in [7, 11) is 1.57. The highest BCUT2D eigenvalue weighted by Crippen LogP contribution is 2.81. The summed E-state index contributed by atoms with van der Waals surface area (Å²) in [6, 6.07) is 2.06. The fraction of sp³-hybridized carbons (Fsp3) is 0.630. The highest BCUT2D eigenvalue weighted by atomic mass is 16.6. The van der Waals surface area contributed by atoms with Gasteiger partial charge in [-0.05, 0) is 75.1 Å². The van der Waals surface area contributed by atoms with Gasteiger partial charge in [0.05, 0.1) is 36.6 Å². The number of carbonyl (C=O) groups excluding carboxylic acids is 2. The molecule has 4 aliphatic carbocycles. The molecule has 5 nitrogen and oxygen atoms in total. The Hall–Kier alpha value is -2.14. The molecule has 0 amide bonds. The Labute approximate surface area is 189 Å². The van der Waals surface area contributed by atoms with Crippen LogP contribution in [0, 0.1) is 27.6 Å². The zero-order chi connectivity index (χ0) is 22.9. The van der Waals surface area contributed by atoms with E-state index in [-0.39, 0.29) is 29.0 Å². The number of methoxy groups -OCH3 is 1. The maximum atomic E-state index is 14.4. The summed E-state index contributed by atoms with van der Waals surface area (Å²) in [5, 5.41) is 0. The molecule has 2 saturated carbocycles. The summed E-state index contributed by atoms with van der Waals surface area (Å²) in [4.78, 5) is 27.3. The molecule has 1 aromatic rings. The molecule has 1 spiro atoms. The van der Waals surface area contributed by atoms with Crippen LogP contribution in [-0.2, 0) is 19.1 Å². The van der Waals surface area contributed by atoms with Crippen molar-refractivity contribution in [1.29, 1.82) is 0 Å². The highest BCUT2D eigenvalue weighted by molar-refractivity contribution is 6.06. The molecular formula is C27H32O5. The van der Waals surface area contributed by atoms with Gasteiger partial charge in [0.15, 0.2) is 11.5 Å². The van der Waals surface area contributed by atoms with Crippen molar-refractivity contribution in [2.24, 2.45) is 27.6 Å². The minimum absolute atomic E-state index is 0.00918. The Kier molecular flexibility index (Phi) is 3.63. The Morgan fingerprint density at radius 3 is 2.53 bits per heavy atom. The van der Waals surface area contributed by atoms with Crippen LogP contribution in [0.4, 0.5) is 0 Å². The lowest BCUT2D eigenvalue weighted by Gasteiger charge is -2.62. The summed E-state index contributed by atoms with van der Waals surface area (Å²) in [6.07, 6.45) is 10.2. The first-order valence-electron chi connectivity index (χ1n) is 11.8. The van der Waals surface area contributed by atoms with Gasteiger partial charge in [-0.3, -0.25) is 9.59 Å². The second-order valence-electron chi connectivity index (χ2n) is 11.7. The number of hydrogen-bond donors (Lipinski definition) is 0. The number of allylic oxidation sites excluding steroid dienone is 4. The number of rotatable bonds is 2. The first kappa shape index (κ1) is 20.5. The van der Waals surface area contributed by atoms with Crippen LogP contribution in [0.3, 0.4) is 0 Å². The van der Waals surface area contributed by atoms with Crippen molar-refractivity contribution in [3.05, 3.63) is 47.6 Å². The maximum absolute atomic E-state index is 14.4. The molecular weight excluding hydrogens is 404 g/mol. The fourth-order valence-corrected chi connectivity index (χ4v) is 8.95. The maximum Gasteiger partial charge on any atom is 0.206 e. The third-order valence-corrected chi connectivity index (χ3v) is 10.4. The van der Waals surface area contributed by atoms with E-state index in [0.717, 1.165) is 24.8 Å². The SMILES string of the molecule is COC1=C2C(C)(C)C(=O)C=C[C@]2(C)[C@H]2CC[C@@]3(C)[C@H](c4ccoc4)C[C@H]4O[C@]43[C@]2(C)C1=O. The Morgan fingerprint density at radius 1 is 1.12 bits per heavy atom. The molecule has 1 aliphatic heterocycles. The van der Waals surface area contributed by atoms with Gasteiger partial charge in [0.25, 0.3) is 0 Å². The summed E-state index contributed by atoms with van der Waals surface area (Å²) in [5.74, 6) is 0.746. The van der Waals surface area contributed by atoms with E-state index in [4.69, 9.17) is 13.9 Å². The summed E-state index contributed by atoms with van der Waals surface area (Å²) < 4.78 is 17.9. The molecule has 0 aromatic carbocycles. The fourth-order valence-electron chi connectivity index (χ4n) is 8.95. The number of hydrogen-bond acceptors (Lipinski definition) is 5. The van der Waals surface area contributed by atoms with Crippen LogP contribution in [0.1, 0.15) is 65.4 Å². The van der Waals surface area contributed by atoms with Crippen molar-refractivity contribution in [2.45, 2.75) is 71.5 Å². The highest BCUT2D eigenvalue weighted by Gasteiger charge is 2.87. The molecule has 1 saturated heterocycles. The number of carbonyl (C=O) groups is 2. The monoisotopic (exact) mass is 436 g/mol.